The van der Waals surface area contributed by atoms with Gasteiger partial charge in [0.1, 0.15) is 11.9 Å². The lowest BCUT2D eigenvalue weighted by Gasteiger charge is -2.21. The van der Waals surface area contributed by atoms with E-state index in [4.69, 9.17) is 16.3 Å². The fourth-order valence-electron chi connectivity index (χ4n) is 1.87. The molecule has 0 aliphatic rings. The number of ether oxygens (including phenoxy) is 2. The summed E-state index contributed by atoms with van der Waals surface area (Å²) in [6.07, 6.45) is 0.633. The number of halogens is 2. The average Bonchev–Trinajstić information content (AvgIpc) is 2.58. The van der Waals surface area contributed by atoms with E-state index in [9.17, 15) is 18.8 Å². The summed E-state index contributed by atoms with van der Waals surface area (Å²) in [5, 5.41) is 2.60. The van der Waals surface area contributed by atoms with Gasteiger partial charge < -0.3 is 14.8 Å². The molecule has 1 rings (SSSR count). The maximum atomic E-state index is 13.5. The Morgan fingerprint density at radius 3 is 2.58 bits per heavy atom. The second kappa shape index (κ2) is 9.22. The van der Waals surface area contributed by atoms with E-state index in [1.165, 1.54) is 13.2 Å². The van der Waals surface area contributed by atoms with Crippen molar-refractivity contribution in [2.75, 3.05) is 13.7 Å². The van der Waals surface area contributed by atoms with Crippen LogP contribution >= 0.6 is 11.6 Å². The van der Waals surface area contributed by atoms with E-state index >= 15 is 0 Å². The largest absolute Gasteiger partial charge is 0.467 e. The molecule has 1 amide bonds. The minimum atomic E-state index is -1.02. The summed E-state index contributed by atoms with van der Waals surface area (Å²) < 4.78 is 22.9. The molecular formula is C16H19ClFNO5. The van der Waals surface area contributed by atoms with Gasteiger partial charge >= 0.3 is 11.9 Å². The van der Waals surface area contributed by atoms with E-state index in [-0.39, 0.29) is 16.5 Å². The first-order valence-corrected chi connectivity index (χ1v) is 7.67. The Kier molecular flexibility index (Phi) is 7.64. The van der Waals surface area contributed by atoms with Gasteiger partial charge in [-0.05, 0) is 24.1 Å². The standard InChI is InChI=1S/C16H19ClFNO5/c1-4-9(2)14(16(22)23-3)19-13(20)8-24-15(21)11-7-10(17)5-6-12(11)18/h5-7,9,14H,4,8H2,1-3H3,(H,19,20)/t9-,14+/m1/s1. The number of hydrogen-bond acceptors (Lipinski definition) is 5. The Hall–Kier alpha value is -2.15. The van der Waals surface area contributed by atoms with Crippen LogP contribution in [-0.2, 0) is 19.1 Å². The van der Waals surface area contributed by atoms with Gasteiger partial charge in [-0.2, -0.15) is 0 Å². The first kappa shape index (κ1) is 19.9. The van der Waals surface area contributed by atoms with Crippen LogP contribution in [0, 0.1) is 11.7 Å². The molecule has 0 aliphatic carbocycles. The number of nitrogens with one attached hydrogen (secondary N) is 1. The molecule has 0 saturated heterocycles. The molecule has 0 heterocycles. The summed E-state index contributed by atoms with van der Waals surface area (Å²) in [5.41, 5.74) is -0.373. The number of carbonyl (C=O) groups excluding carboxylic acids is 3. The molecule has 0 bridgehead atoms. The van der Waals surface area contributed by atoms with Crippen molar-refractivity contribution in [1.29, 1.82) is 0 Å². The van der Waals surface area contributed by atoms with Crippen molar-refractivity contribution in [2.24, 2.45) is 5.92 Å². The van der Waals surface area contributed by atoms with E-state index < -0.39 is 36.3 Å². The molecule has 0 radical (unpaired) electrons. The zero-order chi connectivity index (χ0) is 18.3. The monoisotopic (exact) mass is 359 g/mol. The molecular weight excluding hydrogens is 341 g/mol. The summed E-state index contributed by atoms with van der Waals surface area (Å²) in [7, 11) is 1.21. The Labute approximate surface area is 144 Å². The van der Waals surface area contributed by atoms with Gasteiger partial charge in [0.25, 0.3) is 5.91 Å². The van der Waals surface area contributed by atoms with Crippen molar-refractivity contribution in [2.45, 2.75) is 26.3 Å². The fourth-order valence-corrected chi connectivity index (χ4v) is 2.05. The van der Waals surface area contributed by atoms with Gasteiger partial charge in [0, 0.05) is 5.02 Å². The van der Waals surface area contributed by atoms with Crippen molar-refractivity contribution in [3.63, 3.8) is 0 Å². The minimum Gasteiger partial charge on any atom is -0.467 e. The van der Waals surface area contributed by atoms with Gasteiger partial charge in [0.05, 0.1) is 12.7 Å². The quantitative estimate of drug-likeness (QED) is 0.756. The highest BCUT2D eigenvalue weighted by Gasteiger charge is 2.27. The molecule has 6 nitrogen and oxygen atoms in total. The Morgan fingerprint density at radius 2 is 2.00 bits per heavy atom. The molecule has 8 heteroatoms. The van der Waals surface area contributed by atoms with Crippen LogP contribution in [0.4, 0.5) is 4.39 Å². The molecule has 1 N–H and O–H groups in total. The maximum Gasteiger partial charge on any atom is 0.341 e. The smallest absolute Gasteiger partial charge is 0.341 e. The average molecular weight is 360 g/mol. The predicted octanol–water partition coefficient (Wildman–Crippen LogP) is 2.34. The predicted molar refractivity (Wildman–Crippen MR) is 85.1 cm³/mol. The van der Waals surface area contributed by atoms with Crippen molar-refractivity contribution in [3.05, 3.63) is 34.6 Å². The van der Waals surface area contributed by atoms with Gasteiger partial charge in [-0.15, -0.1) is 0 Å². The number of carbonyl (C=O) groups is 3. The number of rotatable bonds is 7. The highest BCUT2D eigenvalue weighted by molar-refractivity contribution is 6.30. The summed E-state index contributed by atoms with van der Waals surface area (Å²) in [5.74, 6) is -3.28. The van der Waals surface area contributed by atoms with E-state index in [1.807, 2.05) is 6.92 Å². The van der Waals surface area contributed by atoms with Crippen LogP contribution in [-0.4, -0.2) is 37.6 Å². The third kappa shape index (κ3) is 5.49. The van der Waals surface area contributed by atoms with E-state index in [0.29, 0.717) is 6.42 Å². The molecule has 132 valence electrons. The Balaban J connectivity index is 2.66. The topological polar surface area (TPSA) is 81.7 Å². The van der Waals surface area contributed by atoms with Crippen LogP contribution in [0.2, 0.25) is 5.02 Å². The van der Waals surface area contributed by atoms with Gasteiger partial charge in [-0.3, -0.25) is 4.79 Å². The molecule has 0 unspecified atom stereocenters. The number of methoxy groups -OCH3 is 1. The van der Waals surface area contributed by atoms with Crippen molar-refractivity contribution in [3.8, 4) is 0 Å². The second-order valence-corrected chi connectivity index (χ2v) is 5.59. The van der Waals surface area contributed by atoms with Crippen molar-refractivity contribution in [1.82, 2.24) is 5.32 Å². The summed E-state index contributed by atoms with van der Waals surface area (Å²) >= 11 is 5.69. The molecule has 1 aromatic rings. The molecule has 0 fully saturated rings. The molecule has 0 aliphatic heterocycles. The zero-order valence-corrected chi connectivity index (χ0v) is 14.4. The van der Waals surface area contributed by atoms with Crippen LogP contribution < -0.4 is 5.32 Å². The van der Waals surface area contributed by atoms with Crippen LogP contribution in [0.1, 0.15) is 30.6 Å². The first-order chi connectivity index (χ1) is 11.3. The lowest BCUT2D eigenvalue weighted by Crippen LogP contribution is -2.47. The van der Waals surface area contributed by atoms with Gasteiger partial charge in [0.15, 0.2) is 6.61 Å². The molecule has 24 heavy (non-hydrogen) atoms. The lowest BCUT2D eigenvalue weighted by atomic mass is 9.99. The molecule has 0 saturated carbocycles. The lowest BCUT2D eigenvalue weighted by molar-refractivity contribution is -0.147. The Bertz CT molecular complexity index is 622. The number of esters is 2. The first-order valence-electron chi connectivity index (χ1n) is 7.29. The number of hydrogen-bond donors (Lipinski definition) is 1. The van der Waals surface area contributed by atoms with Crippen LogP contribution in [0.25, 0.3) is 0 Å². The van der Waals surface area contributed by atoms with Crippen LogP contribution in [0.15, 0.2) is 18.2 Å². The van der Waals surface area contributed by atoms with Gasteiger partial charge in [-0.1, -0.05) is 31.9 Å². The van der Waals surface area contributed by atoms with Crippen LogP contribution in [0.5, 0.6) is 0 Å². The second-order valence-electron chi connectivity index (χ2n) is 5.15. The zero-order valence-electron chi connectivity index (χ0n) is 13.6. The van der Waals surface area contributed by atoms with Gasteiger partial charge in [0.2, 0.25) is 0 Å². The fraction of sp³-hybridized carbons (Fsp3) is 0.438. The molecule has 0 spiro atoms. The summed E-state index contributed by atoms with van der Waals surface area (Å²) in [6.45, 7) is 2.97. The highest BCUT2D eigenvalue weighted by atomic mass is 35.5. The van der Waals surface area contributed by atoms with E-state index in [0.717, 1.165) is 12.1 Å². The molecule has 0 aromatic heterocycles. The van der Waals surface area contributed by atoms with E-state index in [2.05, 4.69) is 10.1 Å². The third-order valence-electron chi connectivity index (χ3n) is 3.47. The minimum absolute atomic E-state index is 0.162. The third-order valence-corrected chi connectivity index (χ3v) is 3.70. The van der Waals surface area contributed by atoms with Gasteiger partial charge in [-0.25, -0.2) is 14.0 Å². The van der Waals surface area contributed by atoms with Crippen molar-refractivity contribution >= 4 is 29.4 Å². The van der Waals surface area contributed by atoms with Crippen molar-refractivity contribution < 1.29 is 28.2 Å². The summed E-state index contributed by atoms with van der Waals surface area (Å²) in [4.78, 5) is 35.3. The summed E-state index contributed by atoms with van der Waals surface area (Å²) in [6, 6.07) is 2.56. The maximum absolute atomic E-state index is 13.5. The number of amides is 1. The molecule has 2 atom stereocenters. The highest BCUT2D eigenvalue weighted by Crippen LogP contribution is 2.16. The molecule has 1 aromatic carbocycles. The van der Waals surface area contributed by atoms with E-state index in [1.54, 1.807) is 6.92 Å². The van der Waals surface area contributed by atoms with Crippen LogP contribution in [0.3, 0.4) is 0 Å². The normalized spacial score (nSPS) is 12.9. The number of benzene rings is 1. The SMILES string of the molecule is CC[C@@H](C)[C@H](NC(=O)COC(=O)c1cc(Cl)ccc1F)C(=O)OC. The Morgan fingerprint density at radius 1 is 1.33 bits per heavy atom.